The van der Waals surface area contributed by atoms with Gasteiger partial charge < -0.3 is 10.2 Å². The molecule has 1 heterocycles. The molecule has 2 rings (SSSR count). The molecule has 18 heavy (non-hydrogen) atoms. The van der Waals surface area contributed by atoms with Crippen molar-refractivity contribution in [2.45, 2.75) is 25.9 Å². The van der Waals surface area contributed by atoms with Crippen molar-refractivity contribution in [1.29, 1.82) is 0 Å². The zero-order valence-electron chi connectivity index (χ0n) is 10.4. The smallest absolute Gasteiger partial charge is 0.256 e. The summed E-state index contributed by atoms with van der Waals surface area (Å²) in [7, 11) is 0. The molecule has 0 radical (unpaired) electrons. The van der Waals surface area contributed by atoms with Crippen molar-refractivity contribution < 1.29 is 9.18 Å². The Hall–Kier alpha value is -1.13. The van der Waals surface area contributed by atoms with Crippen molar-refractivity contribution in [3.63, 3.8) is 0 Å². The maximum Gasteiger partial charge on any atom is 0.256 e. The largest absolute Gasteiger partial charge is 0.335 e. The number of carbonyl (C=O) groups excluding carboxylic acids is 1. The van der Waals surface area contributed by atoms with Crippen LogP contribution < -0.4 is 5.32 Å². The van der Waals surface area contributed by atoms with E-state index in [-0.39, 0.29) is 28.6 Å². The van der Waals surface area contributed by atoms with E-state index in [0.29, 0.717) is 13.1 Å². The zero-order valence-corrected chi connectivity index (χ0v) is 11.2. The fraction of sp³-hybridized carbons (Fsp3) is 0.462. The van der Waals surface area contributed by atoms with Gasteiger partial charge in [0.2, 0.25) is 0 Å². The summed E-state index contributed by atoms with van der Waals surface area (Å²) in [6, 6.07) is 4.92. The topological polar surface area (TPSA) is 32.3 Å². The lowest BCUT2D eigenvalue weighted by Gasteiger charge is -2.36. The highest BCUT2D eigenvalue weighted by molar-refractivity contribution is 6.31. The van der Waals surface area contributed by atoms with Crippen LogP contribution in [0.5, 0.6) is 0 Å². The lowest BCUT2D eigenvalue weighted by molar-refractivity contribution is 0.0669. The molecule has 2 unspecified atom stereocenters. The molecule has 0 saturated carbocycles. The Balaban J connectivity index is 2.23. The van der Waals surface area contributed by atoms with Gasteiger partial charge in [0.1, 0.15) is 0 Å². The van der Waals surface area contributed by atoms with E-state index in [0.717, 1.165) is 0 Å². The maximum atomic E-state index is 13.8. The number of carbonyl (C=O) groups is 1. The third-order valence-corrected chi connectivity index (χ3v) is 3.32. The maximum absolute atomic E-state index is 13.8. The molecule has 1 fully saturated rings. The highest BCUT2D eigenvalue weighted by Gasteiger charge is 2.27. The fourth-order valence-corrected chi connectivity index (χ4v) is 2.51. The van der Waals surface area contributed by atoms with Gasteiger partial charge in [-0.15, -0.1) is 0 Å². The number of nitrogens with zero attached hydrogens (tertiary/aromatic N) is 1. The van der Waals surface area contributed by atoms with Gasteiger partial charge in [0.05, 0.1) is 10.6 Å². The standard InChI is InChI=1S/C13H16ClFN2O/c1-8-6-17(7-9(2)16-8)13(18)10-4-3-5-11(14)12(10)15/h3-5,8-9,16H,6-7H2,1-2H3. The quantitative estimate of drug-likeness (QED) is 0.849. The average molecular weight is 271 g/mol. The molecular formula is C13H16ClFN2O. The number of hydrogen-bond acceptors (Lipinski definition) is 2. The molecule has 2 atom stereocenters. The normalized spacial score (nSPS) is 24.1. The molecular weight excluding hydrogens is 255 g/mol. The Labute approximate surface area is 111 Å². The van der Waals surface area contributed by atoms with E-state index < -0.39 is 5.82 Å². The summed E-state index contributed by atoms with van der Waals surface area (Å²) in [5, 5.41) is 3.31. The van der Waals surface area contributed by atoms with Gasteiger partial charge in [-0.1, -0.05) is 17.7 Å². The Kier molecular flexibility index (Phi) is 3.88. The van der Waals surface area contributed by atoms with Crippen LogP contribution in [0.15, 0.2) is 18.2 Å². The van der Waals surface area contributed by atoms with Crippen LogP contribution in [-0.2, 0) is 0 Å². The Morgan fingerprint density at radius 3 is 2.61 bits per heavy atom. The monoisotopic (exact) mass is 270 g/mol. The third kappa shape index (κ3) is 2.65. The van der Waals surface area contributed by atoms with Crippen LogP contribution in [0, 0.1) is 5.82 Å². The minimum Gasteiger partial charge on any atom is -0.335 e. The lowest BCUT2D eigenvalue weighted by Crippen LogP contribution is -2.55. The SMILES string of the molecule is CC1CN(C(=O)c2cccc(Cl)c2F)CC(C)N1. The molecule has 1 aliphatic rings. The number of amides is 1. The Bertz CT molecular complexity index is 456. The Morgan fingerprint density at radius 1 is 1.39 bits per heavy atom. The first-order valence-electron chi connectivity index (χ1n) is 5.98. The summed E-state index contributed by atoms with van der Waals surface area (Å²) >= 11 is 5.70. The number of rotatable bonds is 1. The fourth-order valence-electron chi connectivity index (χ4n) is 2.33. The Morgan fingerprint density at radius 2 is 2.00 bits per heavy atom. The highest BCUT2D eigenvalue weighted by Crippen LogP contribution is 2.20. The minimum atomic E-state index is -0.636. The summed E-state index contributed by atoms with van der Waals surface area (Å²) in [5.74, 6) is -0.932. The molecule has 1 aromatic rings. The summed E-state index contributed by atoms with van der Waals surface area (Å²) in [4.78, 5) is 13.9. The lowest BCUT2D eigenvalue weighted by atomic mass is 10.1. The van der Waals surface area contributed by atoms with Crippen LogP contribution in [0.25, 0.3) is 0 Å². The molecule has 1 aliphatic heterocycles. The number of benzene rings is 1. The molecule has 1 N–H and O–H groups in total. The van der Waals surface area contributed by atoms with Crippen LogP contribution in [-0.4, -0.2) is 36.0 Å². The first-order chi connectivity index (χ1) is 8.49. The number of piperazine rings is 1. The number of halogens is 2. The molecule has 5 heteroatoms. The van der Waals surface area contributed by atoms with Gasteiger partial charge >= 0.3 is 0 Å². The van der Waals surface area contributed by atoms with Crippen LogP contribution >= 0.6 is 11.6 Å². The molecule has 3 nitrogen and oxygen atoms in total. The molecule has 0 aromatic heterocycles. The average Bonchev–Trinajstić information content (AvgIpc) is 2.30. The minimum absolute atomic E-state index is 0.0166. The molecule has 0 spiro atoms. The summed E-state index contributed by atoms with van der Waals surface area (Å²) in [6.07, 6.45) is 0. The van der Waals surface area contributed by atoms with E-state index >= 15 is 0 Å². The van der Waals surface area contributed by atoms with E-state index in [2.05, 4.69) is 5.32 Å². The molecule has 1 aromatic carbocycles. The van der Waals surface area contributed by atoms with Crippen molar-refractivity contribution in [3.8, 4) is 0 Å². The second kappa shape index (κ2) is 5.24. The van der Waals surface area contributed by atoms with E-state index in [1.807, 2.05) is 13.8 Å². The van der Waals surface area contributed by atoms with E-state index in [9.17, 15) is 9.18 Å². The molecule has 98 valence electrons. The van der Waals surface area contributed by atoms with Crippen LogP contribution in [0.1, 0.15) is 24.2 Å². The van der Waals surface area contributed by atoms with Crippen LogP contribution in [0.4, 0.5) is 4.39 Å². The van der Waals surface area contributed by atoms with E-state index in [4.69, 9.17) is 11.6 Å². The molecule has 0 aliphatic carbocycles. The second-order valence-corrected chi connectivity index (χ2v) is 5.19. The van der Waals surface area contributed by atoms with Gasteiger partial charge in [-0.2, -0.15) is 0 Å². The van der Waals surface area contributed by atoms with Gasteiger partial charge in [-0.25, -0.2) is 4.39 Å². The van der Waals surface area contributed by atoms with Crippen LogP contribution in [0.2, 0.25) is 5.02 Å². The highest BCUT2D eigenvalue weighted by atomic mass is 35.5. The molecule has 1 saturated heterocycles. The van der Waals surface area contributed by atoms with Crippen molar-refractivity contribution >= 4 is 17.5 Å². The van der Waals surface area contributed by atoms with Gasteiger partial charge in [0.15, 0.2) is 5.82 Å². The third-order valence-electron chi connectivity index (χ3n) is 3.03. The van der Waals surface area contributed by atoms with Crippen molar-refractivity contribution in [2.24, 2.45) is 0 Å². The number of hydrogen-bond donors (Lipinski definition) is 1. The summed E-state index contributed by atoms with van der Waals surface area (Å²) in [5.41, 5.74) is 0.0452. The van der Waals surface area contributed by atoms with Gasteiger partial charge in [0.25, 0.3) is 5.91 Å². The predicted octanol–water partition coefficient (Wildman–Crippen LogP) is 2.30. The first-order valence-corrected chi connectivity index (χ1v) is 6.36. The molecule has 0 bridgehead atoms. The summed E-state index contributed by atoms with van der Waals surface area (Å²) in [6.45, 7) is 5.17. The van der Waals surface area contributed by atoms with Crippen molar-refractivity contribution in [1.82, 2.24) is 10.2 Å². The van der Waals surface area contributed by atoms with Crippen molar-refractivity contribution in [2.75, 3.05) is 13.1 Å². The zero-order chi connectivity index (χ0) is 13.3. The van der Waals surface area contributed by atoms with E-state index in [1.165, 1.54) is 12.1 Å². The number of nitrogens with one attached hydrogen (secondary N) is 1. The van der Waals surface area contributed by atoms with Crippen molar-refractivity contribution in [3.05, 3.63) is 34.6 Å². The predicted molar refractivity (Wildman–Crippen MR) is 69.4 cm³/mol. The summed E-state index contributed by atoms with van der Waals surface area (Å²) < 4.78 is 13.8. The van der Waals surface area contributed by atoms with Gasteiger partial charge in [0, 0.05) is 25.2 Å². The van der Waals surface area contributed by atoms with Gasteiger partial charge in [-0.05, 0) is 26.0 Å². The second-order valence-electron chi connectivity index (χ2n) is 4.78. The first kappa shape index (κ1) is 13.3. The van der Waals surface area contributed by atoms with Crippen LogP contribution in [0.3, 0.4) is 0 Å². The van der Waals surface area contributed by atoms with Gasteiger partial charge in [-0.3, -0.25) is 4.79 Å². The molecule has 1 amide bonds. The van der Waals surface area contributed by atoms with E-state index in [1.54, 1.807) is 11.0 Å².